The zero-order chi connectivity index (χ0) is 17.5. The molecule has 24 heavy (non-hydrogen) atoms. The average Bonchev–Trinajstić information content (AvgIpc) is 2.50. The highest BCUT2D eigenvalue weighted by Crippen LogP contribution is 2.26. The molecule has 0 amide bonds. The first kappa shape index (κ1) is 18.7. The van der Waals surface area contributed by atoms with Crippen molar-refractivity contribution in [2.24, 2.45) is 5.92 Å². The summed E-state index contributed by atoms with van der Waals surface area (Å²) in [4.78, 5) is 12.9. The highest BCUT2D eigenvalue weighted by atomic mass is 16.5. The summed E-state index contributed by atoms with van der Waals surface area (Å²) in [6.45, 7) is 8.82. The molecule has 134 valence electrons. The zero-order valence-corrected chi connectivity index (χ0v) is 15.0. The van der Waals surface area contributed by atoms with Gasteiger partial charge in [-0.3, -0.25) is 9.69 Å². The van der Waals surface area contributed by atoms with E-state index in [1.807, 2.05) is 24.0 Å². The van der Waals surface area contributed by atoms with E-state index in [0.29, 0.717) is 18.0 Å². The van der Waals surface area contributed by atoms with Crippen molar-refractivity contribution in [3.8, 4) is 5.75 Å². The first-order valence-electron chi connectivity index (χ1n) is 8.88. The minimum atomic E-state index is -0.743. The van der Waals surface area contributed by atoms with Crippen molar-refractivity contribution in [1.29, 1.82) is 0 Å². The quantitative estimate of drug-likeness (QED) is 0.689. The Hall–Kier alpha value is -1.59. The van der Waals surface area contributed by atoms with Crippen LogP contribution < -0.4 is 10.1 Å². The molecule has 0 atom stereocenters. The van der Waals surface area contributed by atoms with Crippen LogP contribution in [-0.2, 0) is 11.3 Å². The van der Waals surface area contributed by atoms with Gasteiger partial charge in [0.2, 0.25) is 0 Å². The summed E-state index contributed by atoms with van der Waals surface area (Å²) in [6, 6.07) is 9.12. The van der Waals surface area contributed by atoms with Crippen LogP contribution in [0, 0.1) is 5.92 Å². The topological polar surface area (TPSA) is 61.8 Å². The van der Waals surface area contributed by atoms with E-state index in [9.17, 15) is 4.79 Å². The van der Waals surface area contributed by atoms with E-state index in [4.69, 9.17) is 9.84 Å². The second-order valence-electron chi connectivity index (χ2n) is 7.01. The number of hydrogen-bond donors (Lipinski definition) is 2. The van der Waals surface area contributed by atoms with Gasteiger partial charge in [-0.1, -0.05) is 32.9 Å². The molecule has 0 radical (unpaired) electrons. The van der Waals surface area contributed by atoms with Crippen LogP contribution in [0.1, 0.15) is 39.2 Å². The van der Waals surface area contributed by atoms with Gasteiger partial charge in [0.25, 0.3) is 0 Å². The second kappa shape index (κ2) is 9.04. The number of aliphatic carboxylic acids is 1. The highest BCUT2D eigenvalue weighted by Gasteiger charge is 2.33. The van der Waals surface area contributed by atoms with Crippen molar-refractivity contribution < 1.29 is 14.6 Å². The summed E-state index contributed by atoms with van der Waals surface area (Å²) >= 11 is 0. The molecule has 0 heterocycles. The Morgan fingerprint density at radius 3 is 2.54 bits per heavy atom. The van der Waals surface area contributed by atoms with E-state index in [0.717, 1.165) is 38.3 Å². The monoisotopic (exact) mass is 334 g/mol. The van der Waals surface area contributed by atoms with Gasteiger partial charge in [-0.15, -0.1) is 0 Å². The molecule has 5 heteroatoms. The number of nitrogens with zero attached hydrogens (tertiary/aromatic N) is 1. The Balaban J connectivity index is 1.69. The molecule has 2 N–H and O–H groups in total. The van der Waals surface area contributed by atoms with Gasteiger partial charge in [-0.05, 0) is 43.0 Å². The maximum Gasteiger partial charge on any atom is 0.317 e. The highest BCUT2D eigenvalue weighted by molar-refractivity contribution is 5.69. The Labute approximate surface area is 145 Å². The van der Waals surface area contributed by atoms with Crippen LogP contribution in [0.3, 0.4) is 0 Å². The Bertz CT molecular complexity index is 510. The normalized spacial score (nSPS) is 20.2. The van der Waals surface area contributed by atoms with Gasteiger partial charge in [0, 0.05) is 18.6 Å². The lowest BCUT2D eigenvalue weighted by molar-refractivity contribution is -0.139. The molecular weight excluding hydrogens is 304 g/mol. The van der Waals surface area contributed by atoms with Gasteiger partial charge in [-0.2, -0.15) is 0 Å². The lowest BCUT2D eigenvalue weighted by Crippen LogP contribution is -2.53. The lowest BCUT2D eigenvalue weighted by Gasteiger charge is -2.42. The molecule has 0 bridgehead atoms. The van der Waals surface area contributed by atoms with E-state index < -0.39 is 5.97 Å². The van der Waals surface area contributed by atoms with Gasteiger partial charge in [0.05, 0.1) is 13.2 Å². The summed E-state index contributed by atoms with van der Waals surface area (Å²) in [5, 5.41) is 12.5. The number of carbonyl (C=O) groups is 1. The molecule has 1 saturated carbocycles. The molecule has 1 fully saturated rings. The molecule has 1 aromatic rings. The number of hydrogen-bond acceptors (Lipinski definition) is 4. The van der Waals surface area contributed by atoms with Crippen LogP contribution in [0.2, 0.25) is 0 Å². The molecule has 2 rings (SSSR count). The third kappa shape index (κ3) is 5.80. The maximum atomic E-state index is 10.8. The predicted octanol–water partition coefficient (Wildman–Crippen LogP) is 2.75. The van der Waals surface area contributed by atoms with Crippen LogP contribution in [0.5, 0.6) is 5.75 Å². The SMILES string of the molecule is CCN(CC(=O)O)C1CC(NCc2ccc(OCC(C)C)cc2)C1. The van der Waals surface area contributed by atoms with Gasteiger partial charge in [0.1, 0.15) is 5.75 Å². The molecule has 0 spiro atoms. The average molecular weight is 334 g/mol. The summed E-state index contributed by atoms with van der Waals surface area (Å²) in [7, 11) is 0. The maximum absolute atomic E-state index is 10.8. The fraction of sp³-hybridized carbons (Fsp3) is 0.632. The van der Waals surface area contributed by atoms with E-state index in [2.05, 4.69) is 31.3 Å². The van der Waals surface area contributed by atoms with Gasteiger partial charge >= 0.3 is 5.97 Å². The van der Waals surface area contributed by atoms with Crippen molar-refractivity contribution in [3.05, 3.63) is 29.8 Å². The van der Waals surface area contributed by atoms with Crippen LogP contribution >= 0.6 is 0 Å². The van der Waals surface area contributed by atoms with Gasteiger partial charge in [-0.25, -0.2) is 0 Å². The van der Waals surface area contributed by atoms with E-state index in [1.54, 1.807) is 0 Å². The van der Waals surface area contributed by atoms with Crippen LogP contribution in [0.25, 0.3) is 0 Å². The summed E-state index contributed by atoms with van der Waals surface area (Å²) in [5.74, 6) is 0.707. The zero-order valence-electron chi connectivity index (χ0n) is 15.0. The molecule has 0 saturated heterocycles. The van der Waals surface area contributed by atoms with Crippen LogP contribution in [0.15, 0.2) is 24.3 Å². The largest absolute Gasteiger partial charge is 0.493 e. The molecule has 0 aliphatic heterocycles. The minimum Gasteiger partial charge on any atom is -0.493 e. The van der Waals surface area contributed by atoms with Crippen LogP contribution in [-0.4, -0.2) is 47.8 Å². The van der Waals surface area contributed by atoms with E-state index in [-0.39, 0.29) is 6.54 Å². The fourth-order valence-electron chi connectivity index (χ4n) is 2.95. The number of carboxylic acids is 1. The molecule has 0 unspecified atom stereocenters. The van der Waals surface area contributed by atoms with Crippen molar-refractivity contribution in [3.63, 3.8) is 0 Å². The number of nitrogens with one attached hydrogen (secondary N) is 1. The molecule has 1 aliphatic rings. The third-order valence-corrected chi connectivity index (χ3v) is 4.48. The predicted molar refractivity (Wildman–Crippen MR) is 95.3 cm³/mol. The van der Waals surface area contributed by atoms with Crippen molar-refractivity contribution >= 4 is 5.97 Å². The first-order valence-corrected chi connectivity index (χ1v) is 8.88. The summed E-state index contributed by atoms with van der Waals surface area (Å²) in [5.41, 5.74) is 1.24. The first-order chi connectivity index (χ1) is 11.5. The van der Waals surface area contributed by atoms with Crippen molar-refractivity contribution in [1.82, 2.24) is 10.2 Å². The lowest BCUT2D eigenvalue weighted by atomic mass is 9.85. The summed E-state index contributed by atoms with van der Waals surface area (Å²) < 4.78 is 5.69. The molecule has 5 nitrogen and oxygen atoms in total. The van der Waals surface area contributed by atoms with Gasteiger partial charge < -0.3 is 15.2 Å². The Morgan fingerprint density at radius 2 is 2.00 bits per heavy atom. The second-order valence-corrected chi connectivity index (χ2v) is 7.01. The van der Waals surface area contributed by atoms with Crippen LogP contribution in [0.4, 0.5) is 0 Å². The number of carboxylic acid groups (broad SMARTS) is 1. The number of rotatable bonds is 10. The number of benzene rings is 1. The standard InChI is InChI=1S/C19H30N2O3/c1-4-21(12-19(22)23)17-9-16(10-17)20-11-15-5-7-18(8-6-15)24-13-14(2)3/h5-8,14,16-17,20H,4,9-13H2,1-3H3,(H,22,23). The van der Waals surface area contributed by atoms with Crippen molar-refractivity contribution in [2.75, 3.05) is 19.7 Å². The van der Waals surface area contributed by atoms with E-state index >= 15 is 0 Å². The Morgan fingerprint density at radius 1 is 1.33 bits per heavy atom. The fourth-order valence-corrected chi connectivity index (χ4v) is 2.95. The third-order valence-electron chi connectivity index (χ3n) is 4.48. The number of ether oxygens (including phenoxy) is 1. The molecule has 1 aromatic carbocycles. The molecule has 1 aliphatic carbocycles. The minimum absolute atomic E-state index is 0.145. The smallest absolute Gasteiger partial charge is 0.317 e. The Kier molecular flexibility index (Phi) is 7.06. The van der Waals surface area contributed by atoms with Gasteiger partial charge in [0.15, 0.2) is 0 Å². The van der Waals surface area contributed by atoms with E-state index in [1.165, 1.54) is 5.56 Å². The molecular formula is C19H30N2O3. The van der Waals surface area contributed by atoms with Crippen molar-refractivity contribution in [2.45, 2.75) is 52.2 Å². The summed E-state index contributed by atoms with van der Waals surface area (Å²) in [6.07, 6.45) is 2.05. The molecule has 0 aromatic heterocycles. The number of likely N-dealkylation sites (N-methyl/N-ethyl adjacent to an activating group) is 1.